The summed E-state index contributed by atoms with van der Waals surface area (Å²) in [6, 6.07) is 23.4. The molecule has 2 N–H and O–H groups in total. The van der Waals surface area contributed by atoms with Gasteiger partial charge in [0.05, 0.1) is 0 Å². The van der Waals surface area contributed by atoms with E-state index in [1.54, 1.807) is 0 Å². The van der Waals surface area contributed by atoms with Gasteiger partial charge in [-0.05, 0) is 37.8 Å². The third-order valence-electron chi connectivity index (χ3n) is 5.29. The van der Waals surface area contributed by atoms with Crippen LogP contribution in [-0.2, 0) is 0 Å². The summed E-state index contributed by atoms with van der Waals surface area (Å²) >= 11 is 0. The van der Waals surface area contributed by atoms with Gasteiger partial charge in [-0.3, -0.25) is 0 Å². The molecule has 1 fully saturated rings. The first-order valence-electron chi connectivity index (χ1n) is 9.36. The van der Waals surface area contributed by atoms with Gasteiger partial charge < -0.3 is 10.6 Å². The minimum absolute atomic E-state index is 0.394. The highest BCUT2D eigenvalue weighted by molar-refractivity contribution is 5.20. The molecule has 2 heteroatoms. The van der Waals surface area contributed by atoms with Crippen molar-refractivity contribution in [1.82, 2.24) is 10.6 Å². The molecule has 0 bridgehead atoms. The minimum Gasteiger partial charge on any atom is -0.306 e. The van der Waals surface area contributed by atoms with Gasteiger partial charge in [-0.25, -0.2) is 0 Å². The predicted octanol–water partition coefficient (Wildman–Crippen LogP) is 5.00. The SMILES string of the molecule is C[C@H](N[C@@H]1CCCC[C@H]1N[C@@H](C)c1ccccc1)c1ccccc1. The molecular formula is C22H30N2. The van der Waals surface area contributed by atoms with Crippen LogP contribution < -0.4 is 10.6 Å². The Hall–Kier alpha value is -1.64. The van der Waals surface area contributed by atoms with E-state index in [-0.39, 0.29) is 0 Å². The highest BCUT2D eigenvalue weighted by Gasteiger charge is 2.27. The van der Waals surface area contributed by atoms with E-state index in [4.69, 9.17) is 0 Å². The normalized spacial score (nSPS) is 23.6. The Bertz CT molecular complexity index is 540. The molecule has 0 heterocycles. The molecule has 1 aliphatic carbocycles. The Labute approximate surface area is 146 Å². The van der Waals surface area contributed by atoms with E-state index >= 15 is 0 Å². The smallest absolute Gasteiger partial charge is 0.0295 e. The molecule has 4 atom stereocenters. The third kappa shape index (κ3) is 4.46. The molecule has 0 aromatic heterocycles. The Morgan fingerprint density at radius 2 is 1.04 bits per heavy atom. The molecule has 0 radical (unpaired) electrons. The monoisotopic (exact) mass is 322 g/mol. The standard InChI is InChI=1S/C22H30N2/c1-17(19-11-5-3-6-12-19)23-21-15-9-10-16-22(21)24-18(2)20-13-7-4-8-14-20/h3-8,11-14,17-18,21-24H,9-10,15-16H2,1-2H3/t17-,18-,21+,22+/m0/s1. The van der Waals surface area contributed by atoms with Crippen LogP contribution in [-0.4, -0.2) is 12.1 Å². The molecule has 2 aromatic rings. The van der Waals surface area contributed by atoms with Crippen molar-refractivity contribution in [3.63, 3.8) is 0 Å². The zero-order valence-corrected chi connectivity index (χ0v) is 14.9. The van der Waals surface area contributed by atoms with Crippen molar-refractivity contribution in [2.75, 3.05) is 0 Å². The second kappa shape index (κ2) is 8.46. The van der Waals surface area contributed by atoms with Crippen LogP contribution >= 0.6 is 0 Å². The molecule has 0 saturated heterocycles. The van der Waals surface area contributed by atoms with Crippen molar-refractivity contribution in [3.05, 3.63) is 71.8 Å². The number of nitrogens with one attached hydrogen (secondary N) is 2. The first kappa shape index (κ1) is 17.2. The predicted molar refractivity (Wildman–Crippen MR) is 102 cm³/mol. The van der Waals surface area contributed by atoms with Gasteiger partial charge in [-0.15, -0.1) is 0 Å². The van der Waals surface area contributed by atoms with E-state index in [0.717, 1.165) is 0 Å². The van der Waals surface area contributed by atoms with E-state index < -0.39 is 0 Å². The fraction of sp³-hybridized carbons (Fsp3) is 0.455. The molecule has 2 nitrogen and oxygen atoms in total. The van der Waals surface area contributed by atoms with E-state index in [0.29, 0.717) is 24.2 Å². The average Bonchev–Trinajstić information content (AvgIpc) is 2.64. The summed E-state index contributed by atoms with van der Waals surface area (Å²) in [6.45, 7) is 4.56. The van der Waals surface area contributed by atoms with Gasteiger partial charge >= 0.3 is 0 Å². The second-order valence-electron chi connectivity index (χ2n) is 7.10. The summed E-state index contributed by atoms with van der Waals surface area (Å²) in [5, 5.41) is 7.76. The van der Waals surface area contributed by atoms with Crippen LogP contribution in [0.15, 0.2) is 60.7 Å². The highest BCUT2D eigenvalue weighted by Crippen LogP contribution is 2.24. The van der Waals surface area contributed by atoms with Crippen LogP contribution in [0.5, 0.6) is 0 Å². The van der Waals surface area contributed by atoms with Crippen LogP contribution in [0, 0.1) is 0 Å². The van der Waals surface area contributed by atoms with Crippen LogP contribution in [0.4, 0.5) is 0 Å². The lowest BCUT2D eigenvalue weighted by atomic mass is 9.88. The third-order valence-corrected chi connectivity index (χ3v) is 5.29. The first-order chi connectivity index (χ1) is 11.7. The summed E-state index contributed by atoms with van der Waals surface area (Å²) in [7, 11) is 0. The zero-order chi connectivity index (χ0) is 16.8. The molecule has 3 rings (SSSR count). The van der Waals surface area contributed by atoms with Crippen LogP contribution in [0.25, 0.3) is 0 Å². The second-order valence-corrected chi connectivity index (χ2v) is 7.10. The maximum atomic E-state index is 3.88. The topological polar surface area (TPSA) is 24.1 Å². The molecule has 24 heavy (non-hydrogen) atoms. The van der Waals surface area contributed by atoms with Gasteiger partial charge in [0, 0.05) is 24.2 Å². The van der Waals surface area contributed by atoms with Crippen LogP contribution in [0.3, 0.4) is 0 Å². The van der Waals surface area contributed by atoms with Gasteiger partial charge in [0.2, 0.25) is 0 Å². The van der Waals surface area contributed by atoms with Crippen LogP contribution in [0.2, 0.25) is 0 Å². The van der Waals surface area contributed by atoms with Crippen molar-refractivity contribution in [2.24, 2.45) is 0 Å². The van der Waals surface area contributed by atoms with E-state index in [9.17, 15) is 0 Å². The number of benzene rings is 2. The molecular weight excluding hydrogens is 292 g/mol. The Morgan fingerprint density at radius 3 is 1.42 bits per heavy atom. The molecule has 0 unspecified atom stereocenters. The van der Waals surface area contributed by atoms with Crippen molar-refractivity contribution in [2.45, 2.75) is 63.7 Å². The Morgan fingerprint density at radius 1 is 0.667 bits per heavy atom. The lowest BCUT2D eigenvalue weighted by Gasteiger charge is -2.37. The molecule has 0 amide bonds. The first-order valence-corrected chi connectivity index (χ1v) is 9.36. The Balaban J connectivity index is 1.63. The van der Waals surface area contributed by atoms with Crippen molar-refractivity contribution < 1.29 is 0 Å². The number of hydrogen-bond acceptors (Lipinski definition) is 2. The van der Waals surface area contributed by atoms with E-state index in [2.05, 4.69) is 85.1 Å². The minimum atomic E-state index is 0.394. The summed E-state index contributed by atoms with van der Waals surface area (Å²) in [4.78, 5) is 0. The number of rotatable bonds is 6. The quantitative estimate of drug-likeness (QED) is 0.782. The summed E-state index contributed by atoms with van der Waals surface area (Å²) in [6.07, 6.45) is 5.18. The highest BCUT2D eigenvalue weighted by atomic mass is 15.1. The van der Waals surface area contributed by atoms with Crippen LogP contribution in [0.1, 0.15) is 62.7 Å². The fourth-order valence-corrected chi connectivity index (χ4v) is 3.85. The molecule has 2 aromatic carbocycles. The molecule has 1 saturated carbocycles. The average molecular weight is 322 g/mol. The fourth-order valence-electron chi connectivity index (χ4n) is 3.85. The maximum absolute atomic E-state index is 3.88. The molecule has 0 aliphatic heterocycles. The maximum Gasteiger partial charge on any atom is 0.0295 e. The Kier molecular flexibility index (Phi) is 6.06. The number of hydrogen-bond donors (Lipinski definition) is 2. The molecule has 1 aliphatic rings. The van der Waals surface area contributed by atoms with Gasteiger partial charge in [0.15, 0.2) is 0 Å². The summed E-state index contributed by atoms with van der Waals surface area (Å²) in [5.41, 5.74) is 2.75. The molecule has 128 valence electrons. The van der Waals surface area contributed by atoms with Gasteiger partial charge in [0.1, 0.15) is 0 Å². The van der Waals surface area contributed by atoms with Gasteiger partial charge in [-0.1, -0.05) is 73.5 Å². The summed E-state index contributed by atoms with van der Waals surface area (Å²) in [5.74, 6) is 0. The van der Waals surface area contributed by atoms with Gasteiger partial charge in [-0.2, -0.15) is 0 Å². The van der Waals surface area contributed by atoms with Crippen molar-refractivity contribution in [1.29, 1.82) is 0 Å². The zero-order valence-electron chi connectivity index (χ0n) is 14.9. The lowest BCUT2D eigenvalue weighted by molar-refractivity contribution is 0.253. The van der Waals surface area contributed by atoms with E-state index in [1.807, 2.05) is 0 Å². The molecule has 0 spiro atoms. The van der Waals surface area contributed by atoms with Crippen molar-refractivity contribution in [3.8, 4) is 0 Å². The summed E-state index contributed by atoms with van der Waals surface area (Å²) < 4.78 is 0. The largest absolute Gasteiger partial charge is 0.306 e. The van der Waals surface area contributed by atoms with E-state index in [1.165, 1.54) is 36.8 Å². The van der Waals surface area contributed by atoms with Crippen molar-refractivity contribution >= 4 is 0 Å². The lowest BCUT2D eigenvalue weighted by Crippen LogP contribution is -2.51. The van der Waals surface area contributed by atoms with Gasteiger partial charge in [0.25, 0.3) is 0 Å².